The molecule has 0 aromatic heterocycles. The molecular weight excluding hydrogens is 246 g/mol. The van der Waals surface area contributed by atoms with Crippen molar-refractivity contribution < 1.29 is 0 Å². The van der Waals surface area contributed by atoms with Crippen LogP contribution in [-0.4, -0.2) is 30.6 Å². The number of likely N-dealkylation sites (tertiary alicyclic amines) is 1. The monoisotopic (exact) mass is 271 g/mol. The molecule has 108 valence electrons. The highest BCUT2D eigenvalue weighted by Crippen LogP contribution is 2.20. The molecule has 0 radical (unpaired) electrons. The minimum atomic E-state index is 0.733. The summed E-state index contributed by atoms with van der Waals surface area (Å²) >= 11 is 0. The van der Waals surface area contributed by atoms with E-state index in [4.69, 9.17) is 5.26 Å². The number of nitrogens with zero attached hydrogens (tertiary/aromatic N) is 2. The lowest BCUT2D eigenvalue weighted by Gasteiger charge is -2.33. The quantitative estimate of drug-likeness (QED) is 0.833. The summed E-state index contributed by atoms with van der Waals surface area (Å²) in [7, 11) is 0. The van der Waals surface area contributed by atoms with E-state index >= 15 is 0 Å². The predicted molar refractivity (Wildman–Crippen MR) is 83.9 cm³/mol. The van der Waals surface area contributed by atoms with Gasteiger partial charge in [-0.15, -0.1) is 0 Å². The molecule has 1 heterocycles. The van der Waals surface area contributed by atoms with Crippen molar-refractivity contribution in [2.45, 2.75) is 45.6 Å². The summed E-state index contributed by atoms with van der Waals surface area (Å²) < 4.78 is 0. The van der Waals surface area contributed by atoms with Gasteiger partial charge in [-0.1, -0.05) is 18.6 Å². The number of benzene rings is 1. The number of para-hydroxylation sites is 1. The van der Waals surface area contributed by atoms with Gasteiger partial charge in [0.05, 0.1) is 11.3 Å². The Morgan fingerprint density at radius 2 is 2.25 bits per heavy atom. The van der Waals surface area contributed by atoms with E-state index in [2.05, 4.69) is 36.2 Å². The fourth-order valence-corrected chi connectivity index (χ4v) is 2.98. The highest BCUT2D eigenvalue weighted by Gasteiger charge is 2.17. The molecule has 1 aliphatic heterocycles. The van der Waals surface area contributed by atoms with E-state index in [0.29, 0.717) is 0 Å². The molecule has 0 saturated carbocycles. The van der Waals surface area contributed by atoms with E-state index < -0.39 is 0 Å². The first-order valence-corrected chi connectivity index (χ1v) is 7.70. The number of hydrogen-bond donors (Lipinski definition) is 1. The first kappa shape index (κ1) is 14.9. The van der Waals surface area contributed by atoms with Gasteiger partial charge in [-0.2, -0.15) is 5.26 Å². The van der Waals surface area contributed by atoms with Crippen LogP contribution in [-0.2, 0) is 0 Å². The molecular formula is C17H25N3. The largest absolute Gasteiger partial charge is 0.384 e. The minimum absolute atomic E-state index is 0.733. The van der Waals surface area contributed by atoms with Gasteiger partial charge in [0.1, 0.15) is 6.07 Å². The molecule has 0 spiro atoms. The van der Waals surface area contributed by atoms with Crippen LogP contribution in [0.4, 0.5) is 5.69 Å². The fraction of sp³-hybridized carbons (Fsp3) is 0.588. The second-order valence-corrected chi connectivity index (χ2v) is 5.77. The van der Waals surface area contributed by atoms with Crippen LogP contribution in [0.3, 0.4) is 0 Å². The maximum Gasteiger partial charge on any atom is 0.101 e. The molecule has 3 nitrogen and oxygen atoms in total. The van der Waals surface area contributed by atoms with Crippen LogP contribution < -0.4 is 5.32 Å². The van der Waals surface area contributed by atoms with E-state index in [0.717, 1.165) is 42.4 Å². The number of piperidine rings is 1. The number of nitrogens with one attached hydrogen (secondary N) is 1. The molecule has 0 amide bonds. The van der Waals surface area contributed by atoms with Crippen molar-refractivity contribution in [3.8, 4) is 6.07 Å². The molecule has 1 fully saturated rings. The molecule has 1 aliphatic rings. The summed E-state index contributed by atoms with van der Waals surface area (Å²) in [5.41, 5.74) is 2.90. The maximum atomic E-state index is 9.14. The van der Waals surface area contributed by atoms with Gasteiger partial charge in [0, 0.05) is 19.1 Å². The van der Waals surface area contributed by atoms with E-state index in [-0.39, 0.29) is 0 Å². The third kappa shape index (κ3) is 3.74. The Morgan fingerprint density at radius 1 is 1.40 bits per heavy atom. The maximum absolute atomic E-state index is 9.14. The zero-order chi connectivity index (χ0) is 14.4. The highest BCUT2D eigenvalue weighted by molar-refractivity contribution is 5.62. The van der Waals surface area contributed by atoms with Crippen molar-refractivity contribution in [1.29, 1.82) is 5.26 Å². The van der Waals surface area contributed by atoms with Gasteiger partial charge in [0.15, 0.2) is 0 Å². The molecule has 20 heavy (non-hydrogen) atoms. The van der Waals surface area contributed by atoms with Crippen molar-refractivity contribution in [2.75, 3.05) is 25.0 Å². The zero-order valence-corrected chi connectivity index (χ0v) is 12.7. The number of rotatable bonds is 5. The summed E-state index contributed by atoms with van der Waals surface area (Å²) in [5, 5.41) is 12.6. The smallest absolute Gasteiger partial charge is 0.101 e. The van der Waals surface area contributed by atoms with Gasteiger partial charge in [-0.3, -0.25) is 0 Å². The summed E-state index contributed by atoms with van der Waals surface area (Å²) in [4.78, 5) is 2.59. The molecule has 1 unspecified atom stereocenters. The molecule has 2 rings (SSSR count). The Hall–Kier alpha value is -1.53. The highest BCUT2D eigenvalue weighted by atomic mass is 15.2. The molecule has 0 aliphatic carbocycles. The van der Waals surface area contributed by atoms with Crippen molar-refractivity contribution in [1.82, 2.24) is 4.90 Å². The Labute approximate surface area is 122 Å². The van der Waals surface area contributed by atoms with Gasteiger partial charge in [0.2, 0.25) is 0 Å². The van der Waals surface area contributed by atoms with Crippen molar-refractivity contribution in [3.05, 3.63) is 29.3 Å². The zero-order valence-electron chi connectivity index (χ0n) is 12.7. The standard InChI is InChI=1S/C17H25N3/c1-14-7-5-9-16(13-18)17(14)19-10-6-12-20-11-4-3-8-15(20)2/h5,7,9,15,19H,3-4,6,8,10-12H2,1-2H3. The van der Waals surface area contributed by atoms with E-state index in [1.54, 1.807) is 0 Å². The Morgan fingerprint density at radius 3 is 3.00 bits per heavy atom. The topological polar surface area (TPSA) is 39.1 Å². The molecule has 1 aromatic carbocycles. The third-order valence-corrected chi connectivity index (χ3v) is 4.26. The molecule has 3 heteroatoms. The first-order valence-electron chi connectivity index (χ1n) is 7.70. The lowest BCUT2D eigenvalue weighted by molar-refractivity contribution is 0.160. The Balaban J connectivity index is 1.80. The number of hydrogen-bond acceptors (Lipinski definition) is 3. The second kappa shape index (κ2) is 7.31. The summed E-state index contributed by atoms with van der Waals surface area (Å²) in [5.74, 6) is 0. The van der Waals surface area contributed by atoms with Crippen LogP contribution in [0.25, 0.3) is 0 Å². The number of anilines is 1. The van der Waals surface area contributed by atoms with Crippen LogP contribution in [0.15, 0.2) is 18.2 Å². The van der Waals surface area contributed by atoms with Crippen LogP contribution in [0, 0.1) is 18.3 Å². The van der Waals surface area contributed by atoms with E-state index in [1.807, 2.05) is 12.1 Å². The average Bonchev–Trinajstić information content (AvgIpc) is 2.46. The third-order valence-electron chi connectivity index (χ3n) is 4.26. The second-order valence-electron chi connectivity index (χ2n) is 5.77. The van der Waals surface area contributed by atoms with Gasteiger partial charge >= 0.3 is 0 Å². The Bertz CT molecular complexity index is 476. The van der Waals surface area contributed by atoms with Crippen LogP contribution in [0.5, 0.6) is 0 Å². The minimum Gasteiger partial charge on any atom is -0.384 e. The average molecular weight is 271 g/mol. The van der Waals surface area contributed by atoms with Crippen LogP contribution >= 0.6 is 0 Å². The van der Waals surface area contributed by atoms with E-state index in [9.17, 15) is 0 Å². The lowest BCUT2D eigenvalue weighted by atomic mass is 10.0. The summed E-state index contributed by atoms with van der Waals surface area (Å²) in [6, 6.07) is 8.86. The normalized spacial score (nSPS) is 19.6. The van der Waals surface area contributed by atoms with Gasteiger partial charge in [-0.05, 0) is 51.3 Å². The molecule has 1 N–H and O–H groups in total. The summed E-state index contributed by atoms with van der Waals surface area (Å²) in [6.07, 6.45) is 5.19. The fourth-order valence-electron chi connectivity index (χ4n) is 2.98. The molecule has 1 saturated heterocycles. The predicted octanol–water partition coefficient (Wildman–Crippen LogP) is 3.54. The lowest BCUT2D eigenvalue weighted by Crippen LogP contribution is -2.38. The van der Waals surface area contributed by atoms with E-state index in [1.165, 1.54) is 25.8 Å². The van der Waals surface area contributed by atoms with Gasteiger partial charge in [-0.25, -0.2) is 0 Å². The van der Waals surface area contributed by atoms with Crippen LogP contribution in [0.2, 0.25) is 0 Å². The molecule has 1 atom stereocenters. The number of nitriles is 1. The van der Waals surface area contributed by atoms with Crippen molar-refractivity contribution in [3.63, 3.8) is 0 Å². The summed E-state index contributed by atoms with van der Waals surface area (Å²) in [6.45, 7) is 7.72. The van der Waals surface area contributed by atoms with Crippen molar-refractivity contribution >= 4 is 5.69 Å². The first-order chi connectivity index (χ1) is 9.72. The van der Waals surface area contributed by atoms with Crippen molar-refractivity contribution in [2.24, 2.45) is 0 Å². The van der Waals surface area contributed by atoms with Crippen LogP contribution in [0.1, 0.15) is 43.7 Å². The Kier molecular flexibility index (Phi) is 5.43. The molecule has 1 aromatic rings. The SMILES string of the molecule is Cc1cccc(C#N)c1NCCCN1CCCCC1C. The van der Waals surface area contributed by atoms with Gasteiger partial charge in [0.25, 0.3) is 0 Å². The molecule has 0 bridgehead atoms. The van der Waals surface area contributed by atoms with Gasteiger partial charge < -0.3 is 10.2 Å². The number of aryl methyl sites for hydroxylation is 1.